The highest BCUT2D eigenvalue weighted by molar-refractivity contribution is 9.10. The Kier molecular flexibility index (Phi) is 4.59. The van der Waals surface area contributed by atoms with E-state index in [1.807, 2.05) is 72.8 Å². The number of oxazole rings is 2. The smallest absolute Gasteiger partial charge is 0.228 e. The van der Waals surface area contributed by atoms with Crippen molar-refractivity contribution in [3.05, 3.63) is 102 Å². The number of fused-ring (bicyclic) bond motifs is 6. The molecule has 0 unspecified atom stereocenters. The second-order valence-electron chi connectivity index (χ2n) is 9.60. The van der Waals surface area contributed by atoms with Crippen LogP contribution in [0.15, 0.2) is 120 Å². The summed E-state index contributed by atoms with van der Waals surface area (Å²) in [5.41, 5.74) is 7.93. The third-order valence-electron chi connectivity index (χ3n) is 7.18. The summed E-state index contributed by atoms with van der Waals surface area (Å²) in [7, 11) is 0. The molecule has 190 valence electrons. The maximum Gasteiger partial charge on any atom is 0.228 e. The molecule has 0 amide bonds. The average molecular weight is 602 g/mol. The van der Waals surface area contributed by atoms with Crippen molar-refractivity contribution in [2.75, 3.05) is 4.90 Å². The molecule has 5 aromatic carbocycles. The number of hydrogen-bond donors (Lipinski definition) is 0. The number of ether oxygens (including phenoxy) is 1. The molecule has 0 aliphatic carbocycles. The number of benzene rings is 5. The Bertz CT molecular complexity index is 2100. The van der Waals surface area contributed by atoms with E-state index in [0.717, 1.165) is 76.2 Å². The normalized spacial score (nSPS) is 13.2. The maximum atomic E-state index is 6.56. The zero-order valence-corrected chi connectivity index (χ0v) is 23.0. The monoisotopic (exact) mass is 601 g/mol. The summed E-state index contributed by atoms with van der Waals surface area (Å²) in [6, 6.07) is 32.1. The number of anilines is 3. The fourth-order valence-corrected chi connectivity index (χ4v) is 7.11. The van der Waals surface area contributed by atoms with Gasteiger partial charge in [0.15, 0.2) is 22.7 Å². The van der Waals surface area contributed by atoms with Crippen LogP contribution in [0.5, 0.6) is 11.5 Å². The summed E-state index contributed by atoms with van der Waals surface area (Å²) in [6.07, 6.45) is 0. The lowest BCUT2D eigenvalue weighted by Crippen LogP contribution is -2.20. The molecule has 4 heterocycles. The topological polar surface area (TPSA) is 64.5 Å². The standard InChI is InChI=1S/C32H16BrN3O3S/c33-18-10-13-23-28(16-18)40-30-19(32-35-21-6-2-4-8-25(21)39-32)11-14-26-29(30)36(23)22-12-9-17(15-27(22)37-26)31-34-20-5-1-3-7-24(20)38-31/h1-16H. The highest BCUT2D eigenvalue weighted by Gasteiger charge is 2.36. The van der Waals surface area contributed by atoms with E-state index in [-0.39, 0.29) is 0 Å². The van der Waals surface area contributed by atoms with E-state index < -0.39 is 0 Å². The van der Waals surface area contributed by atoms with Gasteiger partial charge in [-0.2, -0.15) is 0 Å². The first-order chi connectivity index (χ1) is 19.7. The van der Waals surface area contributed by atoms with Crippen LogP contribution in [0.25, 0.3) is 45.1 Å². The quantitative estimate of drug-likeness (QED) is 0.195. The van der Waals surface area contributed by atoms with Crippen LogP contribution >= 0.6 is 27.7 Å². The number of aromatic nitrogens is 2. The minimum absolute atomic E-state index is 0.559. The molecule has 9 rings (SSSR count). The zero-order chi connectivity index (χ0) is 26.4. The van der Waals surface area contributed by atoms with Crippen LogP contribution < -0.4 is 9.64 Å². The van der Waals surface area contributed by atoms with Gasteiger partial charge in [-0.05, 0) is 72.8 Å². The molecular weight excluding hydrogens is 586 g/mol. The van der Waals surface area contributed by atoms with Crippen molar-refractivity contribution in [3.8, 4) is 34.4 Å². The van der Waals surface area contributed by atoms with Gasteiger partial charge in [0, 0.05) is 14.9 Å². The van der Waals surface area contributed by atoms with Crippen LogP contribution in [0.2, 0.25) is 0 Å². The van der Waals surface area contributed by atoms with Gasteiger partial charge in [-0.3, -0.25) is 0 Å². The fraction of sp³-hybridized carbons (Fsp3) is 0. The van der Waals surface area contributed by atoms with Gasteiger partial charge < -0.3 is 18.5 Å². The second kappa shape index (κ2) is 8.24. The Balaban J connectivity index is 1.24. The highest BCUT2D eigenvalue weighted by Crippen LogP contribution is 2.62. The molecule has 0 saturated heterocycles. The van der Waals surface area contributed by atoms with Gasteiger partial charge >= 0.3 is 0 Å². The lowest BCUT2D eigenvalue weighted by molar-refractivity contribution is 0.474. The Labute approximate surface area is 240 Å². The van der Waals surface area contributed by atoms with Crippen LogP contribution in [-0.4, -0.2) is 9.97 Å². The summed E-state index contributed by atoms with van der Waals surface area (Å²) in [5.74, 6) is 2.64. The van der Waals surface area contributed by atoms with E-state index in [1.54, 1.807) is 11.8 Å². The number of para-hydroxylation sites is 4. The van der Waals surface area contributed by atoms with Crippen molar-refractivity contribution in [1.29, 1.82) is 0 Å². The summed E-state index contributed by atoms with van der Waals surface area (Å²) >= 11 is 5.36. The van der Waals surface area contributed by atoms with Crippen LogP contribution in [-0.2, 0) is 0 Å². The minimum atomic E-state index is 0.559. The molecule has 0 radical (unpaired) electrons. The van der Waals surface area contributed by atoms with Crippen molar-refractivity contribution in [2.45, 2.75) is 9.79 Å². The van der Waals surface area contributed by atoms with Gasteiger partial charge in [-0.1, -0.05) is 52.0 Å². The number of rotatable bonds is 2. The lowest BCUT2D eigenvalue weighted by atomic mass is 10.1. The van der Waals surface area contributed by atoms with Crippen molar-refractivity contribution in [2.24, 2.45) is 0 Å². The lowest BCUT2D eigenvalue weighted by Gasteiger charge is -2.38. The van der Waals surface area contributed by atoms with Crippen LogP contribution in [0.1, 0.15) is 0 Å². The predicted octanol–water partition coefficient (Wildman–Crippen LogP) is 10.1. The van der Waals surface area contributed by atoms with Crippen LogP contribution in [0.4, 0.5) is 17.1 Å². The van der Waals surface area contributed by atoms with Gasteiger partial charge in [0.1, 0.15) is 16.7 Å². The maximum absolute atomic E-state index is 6.56. The Morgan fingerprint density at radius 1 is 0.675 bits per heavy atom. The van der Waals surface area contributed by atoms with Gasteiger partial charge in [-0.15, -0.1) is 0 Å². The SMILES string of the molecule is Brc1ccc2c(c1)Sc1c(-c3nc4ccccc4o3)ccc3c1N2c1ccc(-c2nc4ccccc4o2)cc1O3. The molecule has 0 spiro atoms. The minimum Gasteiger partial charge on any atom is -0.453 e. The average Bonchev–Trinajstić information content (AvgIpc) is 3.61. The second-order valence-corrected chi connectivity index (χ2v) is 11.6. The molecule has 2 aliphatic rings. The molecular formula is C32H16BrN3O3S. The van der Waals surface area contributed by atoms with Crippen molar-refractivity contribution < 1.29 is 13.6 Å². The van der Waals surface area contributed by atoms with E-state index in [4.69, 9.17) is 18.6 Å². The Morgan fingerprint density at radius 2 is 1.40 bits per heavy atom. The molecule has 40 heavy (non-hydrogen) atoms. The Morgan fingerprint density at radius 3 is 2.20 bits per heavy atom. The molecule has 2 aromatic heterocycles. The molecule has 0 atom stereocenters. The fourth-order valence-electron chi connectivity index (χ4n) is 5.37. The number of nitrogens with zero attached hydrogens (tertiary/aromatic N) is 3. The van der Waals surface area contributed by atoms with Crippen LogP contribution in [0.3, 0.4) is 0 Å². The third kappa shape index (κ3) is 3.23. The van der Waals surface area contributed by atoms with E-state index in [1.165, 1.54) is 0 Å². The zero-order valence-electron chi connectivity index (χ0n) is 20.6. The van der Waals surface area contributed by atoms with Gasteiger partial charge in [-0.25, -0.2) is 9.97 Å². The highest BCUT2D eigenvalue weighted by atomic mass is 79.9. The largest absolute Gasteiger partial charge is 0.453 e. The third-order valence-corrected chi connectivity index (χ3v) is 8.84. The van der Waals surface area contributed by atoms with E-state index in [2.05, 4.69) is 50.1 Å². The van der Waals surface area contributed by atoms with E-state index >= 15 is 0 Å². The summed E-state index contributed by atoms with van der Waals surface area (Å²) in [4.78, 5) is 13.9. The summed E-state index contributed by atoms with van der Waals surface area (Å²) < 4.78 is 19.8. The molecule has 0 bridgehead atoms. The van der Waals surface area contributed by atoms with Gasteiger partial charge in [0.05, 0.1) is 21.8 Å². The predicted molar refractivity (Wildman–Crippen MR) is 159 cm³/mol. The number of halogens is 1. The molecule has 0 N–H and O–H groups in total. The van der Waals surface area contributed by atoms with Crippen molar-refractivity contribution in [3.63, 3.8) is 0 Å². The summed E-state index contributed by atoms with van der Waals surface area (Å²) in [6.45, 7) is 0. The van der Waals surface area contributed by atoms with E-state index in [0.29, 0.717) is 11.8 Å². The molecule has 2 aliphatic heterocycles. The molecule has 7 aromatic rings. The molecule has 0 saturated carbocycles. The molecule has 6 nitrogen and oxygen atoms in total. The van der Waals surface area contributed by atoms with Gasteiger partial charge in [0.25, 0.3) is 0 Å². The van der Waals surface area contributed by atoms with Crippen molar-refractivity contribution >= 4 is 67.0 Å². The first-order valence-corrected chi connectivity index (χ1v) is 14.3. The Hall–Kier alpha value is -4.53. The van der Waals surface area contributed by atoms with Crippen LogP contribution in [0, 0.1) is 0 Å². The van der Waals surface area contributed by atoms with E-state index in [9.17, 15) is 0 Å². The summed E-state index contributed by atoms with van der Waals surface area (Å²) in [5, 5.41) is 0. The van der Waals surface area contributed by atoms with Gasteiger partial charge in [0.2, 0.25) is 11.8 Å². The first-order valence-electron chi connectivity index (χ1n) is 12.7. The number of hydrogen-bond acceptors (Lipinski definition) is 7. The molecule has 8 heteroatoms. The first kappa shape index (κ1) is 22.3. The molecule has 0 fully saturated rings. The van der Waals surface area contributed by atoms with Crippen molar-refractivity contribution in [1.82, 2.24) is 9.97 Å².